The first-order valence-corrected chi connectivity index (χ1v) is 8.27. The van der Waals surface area contributed by atoms with Crippen LogP contribution >= 0.6 is 0 Å². The molecular weight excluding hydrogens is 306 g/mol. The average molecular weight is 331 g/mol. The molecule has 0 unspecified atom stereocenters. The standard InChI is InChI=1S/C18H25N3O3/c1-2-10-19-18(23)20-13-15-8-11-21(12-9-15)17(22)14-24-16-6-4-3-5-7-16/h2-7,15H,1,8-14H2,(H2,19,20,23). The van der Waals surface area contributed by atoms with Gasteiger partial charge in [-0.05, 0) is 30.9 Å². The van der Waals surface area contributed by atoms with Gasteiger partial charge in [0.05, 0.1) is 0 Å². The molecule has 0 atom stereocenters. The van der Waals surface area contributed by atoms with Gasteiger partial charge in [0.25, 0.3) is 5.91 Å². The summed E-state index contributed by atoms with van der Waals surface area (Å²) in [5, 5.41) is 5.53. The van der Waals surface area contributed by atoms with Gasteiger partial charge in [-0.3, -0.25) is 4.79 Å². The number of likely N-dealkylation sites (tertiary alicyclic amines) is 1. The topological polar surface area (TPSA) is 70.7 Å². The van der Waals surface area contributed by atoms with Crippen LogP contribution in [0, 0.1) is 5.92 Å². The first-order valence-electron chi connectivity index (χ1n) is 8.27. The number of carbonyl (C=O) groups is 2. The van der Waals surface area contributed by atoms with Crippen molar-refractivity contribution in [1.29, 1.82) is 0 Å². The Labute approximate surface area is 142 Å². The molecule has 1 aromatic carbocycles. The van der Waals surface area contributed by atoms with E-state index in [4.69, 9.17) is 4.74 Å². The Morgan fingerprint density at radius 3 is 2.58 bits per heavy atom. The van der Waals surface area contributed by atoms with E-state index in [1.54, 1.807) is 6.08 Å². The molecule has 0 bridgehead atoms. The Morgan fingerprint density at radius 1 is 1.21 bits per heavy atom. The van der Waals surface area contributed by atoms with Gasteiger partial charge in [-0.1, -0.05) is 24.3 Å². The Bertz CT molecular complexity index is 540. The molecule has 6 nitrogen and oxygen atoms in total. The quantitative estimate of drug-likeness (QED) is 0.748. The summed E-state index contributed by atoms with van der Waals surface area (Å²) in [4.78, 5) is 25.5. The molecule has 24 heavy (non-hydrogen) atoms. The zero-order valence-electron chi connectivity index (χ0n) is 13.9. The third-order valence-corrected chi connectivity index (χ3v) is 4.03. The fourth-order valence-corrected chi connectivity index (χ4v) is 2.60. The van der Waals surface area contributed by atoms with E-state index in [0.717, 1.165) is 12.8 Å². The van der Waals surface area contributed by atoms with Crippen LogP contribution in [-0.2, 0) is 4.79 Å². The maximum atomic E-state index is 12.2. The van der Waals surface area contributed by atoms with Crippen molar-refractivity contribution in [2.24, 2.45) is 5.92 Å². The van der Waals surface area contributed by atoms with Gasteiger partial charge >= 0.3 is 6.03 Å². The maximum absolute atomic E-state index is 12.2. The van der Waals surface area contributed by atoms with Crippen molar-refractivity contribution in [3.63, 3.8) is 0 Å². The predicted molar refractivity (Wildman–Crippen MR) is 92.8 cm³/mol. The predicted octanol–water partition coefficient (Wildman–Crippen LogP) is 1.79. The number of rotatable bonds is 7. The van der Waals surface area contributed by atoms with Gasteiger partial charge in [0, 0.05) is 26.2 Å². The van der Waals surface area contributed by atoms with Gasteiger partial charge < -0.3 is 20.3 Å². The van der Waals surface area contributed by atoms with Crippen molar-refractivity contribution in [3.05, 3.63) is 43.0 Å². The Balaban J connectivity index is 1.64. The molecule has 1 saturated heterocycles. The highest BCUT2D eigenvalue weighted by atomic mass is 16.5. The molecule has 1 aromatic rings. The van der Waals surface area contributed by atoms with E-state index in [0.29, 0.717) is 37.8 Å². The summed E-state index contributed by atoms with van der Waals surface area (Å²) in [6, 6.07) is 9.16. The van der Waals surface area contributed by atoms with Crippen molar-refractivity contribution in [2.75, 3.05) is 32.8 Å². The van der Waals surface area contributed by atoms with Crippen LogP contribution in [0.25, 0.3) is 0 Å². The first-order chi connectivity index (χ1) is 11.7. The van der Waals surface area contributed by atoms with Crippen molar-refractivity contribution in [2.45, 2.75) is 12.8 Å². The zero-order valence-corrected chi connectivity index (χ0v) is 13.9. The van der Waals surface area contributed by atoms with Crippen LogP contribution in [0.1, 0.15) is 12.8 Å². The Morgan fingerprint density at radius 2 is 1.92 bits per heavy atom. The first kappa shape index (κ1) is 17.8. The SMILES string of the molecule is C=CCNC(=O)NCC1CCN(C(=O)COc2ccccc2)CC1. The number of hydrogen-bond acceptors (Lipinski definition) is 3. The summed E-state index contributed by atoms with van der Waals surface area (Å²) in [5.41, 5.74) is 0. The minimum atomic E-state index is -0.176. The van der Waals surface area contributed by atoms with Gasteiger partial charge in [0.15, 0.2) is 6.61 Å². The monoisotopic (exact) mass is 331 g/mol. The van der Waals surface area contributed by atoms with Crippen LogP contribution in [0.4, 0.5) is 4.79 Å². The molecule has 6 heteroatoms. The molecule has 1 heterocycles. The number of benzene rings is 1. The van der Waals surface area contributed by atoms with E-state index < -0.39 is 0 Å². The third kappa shape index (κ3) is 5.95. The number of para-hydroxylation sites is 1. The number of ether oxygens (including phenoxy) is 1. The van der Waals surface area contributed by atoms with E-state index >= 15 is 0 Å². The van der Waals surface area contributed by atoms with E-state index in [9.17, 15) is 9.59 Å². The molecule has 0 spiro atoms. The van der Waals surface area contributed by atoms with Crippen LogP contribution in [0.15, 0.2) is 43.0 Å². The van der Waals surface area contributed by atoms with Gasteiger partial charge in [0.1, 0.15) is 5.75 Å². The lowest BCUT2D eigenvalue weighted by Crippen LogP contribution is -2.44. The van der Waals surface area contributed by atoms with Gasteiger partial charge in [-0.2, -0.15) is 0 Å². The number of nitrogens with one attached hydrogen (secondary N) is 2. The molecule has 0 saturated carbocycles. The van der Waals surface area contributed by atoms with Crippen LogP contribution in [0.5, 0.6) is 5.75 Å². The minimum absolute atomic E-state index is 0.00832. The molecule has 1 fully saturated rings. The normalized spacial score (nSPS) is 14.8. The van der Waals surface area contributed by atoms with Crippen LogP contribution in [0.3, 0.4) is 0 Å². The second-order valence-electron chi connectivity index (χ2n) is 5.81. The molecule has 3 amide bonds. The molecule has 130 valence electrons. The van der Waals surface area contributed by atoms with Crippen LogP contribution in [0.2, 0.25) is 0 Å². The minimum Gasteiger partial charge on any atom is -0.484 e. The van der Waals surface area contributed by atoms with Crippen LogP contribution in [-0.4, -0.2) is 49.6 Å². The summed E-state index contributed by atoms with van der Waals surface area (Å²) in [5.74, 6) is 1.11. The highest BCUT2D eigenvalue weighted by Crippen LogP contribution is 2.17. The summed E-state index contributed by atoms with van der Waals surface area (Å²) >= 11 is 0. The third-order valence-electron chi connectivity index (χ3n) is 4.03. The summed E-state index contributed by atoms with van der Waals surface area (Å²) in [6.07, 6.45) is 3.42. The van der Waals surface area contributed by atoms with Crippen molar-refractivity contribution >= 4 is 11.9 Å². The molecule has 0 aromatic heterocycles. The summed E-state index contributed by atoms with van der Waals surface area (Å²) in [7, 11) is 0. The molecule has 1 aliphatic rings. The van der Waals surface area contributed by atoms with Crippen molar-refractivity contribution in [3.8, 4) is 5.75 Å². The number of nitrogens with zero attached hydrogens (tertiary/aromatic N) is 1. The van der Waals surface area contributed by atoms with E-state index in [-0.39, 0.29) is 18.5 Å². The fourth-order valence-electron chi connectivity index (χ4n) is 2.60. The van der Waals surface area contributed by atoms with E-state index in [1.165, 1.54) is 0 Å². The number of piperidine rings is 1. The molecule has 1 aliphatic heterocycles. The number of carbonyl (C=O) groups excluding carboxylic acids is 2. The molecular formula is C18H25N3O3. The van der Waals surface area contributed by atoms with Gasteiger partial charge in [0.2, 0.25) is 0 Å². The lowest BCUT2D eigenvalue weighted by atomic mass is 9.97. The summed E-state index contributed by atoms with van der Waals surface area (Å²) < 4.78 is 5.50. The van der Waals surface area contributed by atoms with E-state index in [2.05, 4.69) is 17.2 Å². The molecule has 2 rings (SSSR count). The highest BCUT2D eigenvalue weighted by molar-refractivity contribution is 5.77. The Kier molecular flexibility index (Phi) is 7.14. The second kappa shape index (κ2) is 9.60. The smallest absolute Gasteiger partial charge is 0.315 e. The van der Waals surface area contributed by atoms with Gasteiger partial charge in [-0.25, -0.2) is 4.79 Å². The van der Waals surface area contributed by atoms with Crippen molar-refractivity contribution < 1.29 is 14.3 Å². The number of urea groups is 1. The number of amides is 3. The van der Waals surface area contributed by atoms with Crippen molar-refractivity contribution in [1.82, 2.24) is 15.5 Å². The molecule has 0 aliphatic carbocycles. The van der Waals surface area contributed by atoms with Crippen LogP contribution < -0.4 is 15.4 Å². The highest BCUT2D eigenvalue weighted by Gasteiger charge is 2.23. The lowest BCUT2D eigenvalue weighted by molar-refractivity contribution is -0.134. The lowest BCUT2D eigenvalue weighted by Gasteiger charge is -2.32. The molecule has 0 radical (unpaired) electrons. The maximum Gasteiger partial charge on any atom is 0.315 e. The average Bonchev–Trinajstić information content (AvgIpc) is 2.64. The second-order valence-corrected chi connectivity index (χ2v) is 5.81. The summed E-state index contributed by atoms with van der Waals surface area (Å²) in [6.45, 7) is 6.12. The van der Waals surface area contributed by atoms with Gasteiger partial charge in [-0.15, -0.1) is 6.58 Å². The fraction of sp³-hybridized carbons (Fsp3) is 0.444. The largest absolute Gasteiger partial charge is 0.484 e. The number of hydrogen-bond donors (Lipinski definition) is 2. The van der Waals surface area contributed by atoms with E-state index in [1.807, 2.05) is 35.2 Å². The zero-order chi connectivity index (χ0) is 17.2. The Hall–Kier alpha value is -2.50. The molecule has 2 N–H and O–H groups in total.